The maximum Gasteiger partial charge on any atom is 0.341 e. The number of nitrogens with one attached hydrogen (secondary N) is 2. The highest BCUT2D eigenvalue weighted by atomic mass is 35.5. The third kappa shape index (κ3) is 12.8. The highest BCUT2D eigenvalue weighted by Crippen LogP contribution is 2.54. The van der Waals surface area contributed by atoms with E-state index in [1.54, 1.807) is 14.2 Å². The summed E-state index contributed by atoms with van der Waals surface area (Å²) in [4.78, 5) is 14.8. The van der Waals surface area contributed by atoms with E-state index in [9.17, 15) is 4.79 Å². The van der Waals surface area contributed by atoms with Crippen molar-refractivity contribution in [1.82, 2.24) is 0 Å². The number of halogens is 4. The van der Waals surface area contributed by atoms with Gasteiger partial charge in [0.1, 0.15) is 11.5 Å². The first-order valence-electron chi connectivity index (χ1n) is 24.9. The van der Waals surface area contributed by atoms with Crippen molar-refractivity contribution in [1.29, 1.82) is 0 Å². The molecule has 0 saturated heterocycles. The minimum absolute atomic E-state index is 0.0108. The number of fused-ring (bicyclic) bond motifs is 1. The number of carbonyl (C=O) groups excluding carboxylic acids is 1. The van der Waals surface area contributed by atoms with Crippen molar-refractivity contribution in [2.24, 2.45) is 0 Å². The Morgan fingerprint density at radius 2 is 0.973 bits per heavy atom. The molecule has 8 rings (SSSR count). The number of hydrogen-bond donors (Lipinski definition) is 2. The average molecular weight is 1070 g/mol. The van der Waals surface area contributed by atoms with Crippen LogP contribution in [0.25, 0.3) is 11.1 Å². The number of rotatable bonds is 24. The van der Waals surface area contributed by atoms with Gasteiger partial charge in [-0.2, -0.15) is 0 Å². The molecule has 12 heteroatoms. The summed E-state index contributed by atoms with van der Waals surface area (Å²) >= 11 is 28.3. The molecule has 0 unspecified atom stereocenters. The molecule has 0 fully saturated rings. The van der Waals surface area contributed by atoms with Crippen molar-refractivity contribution >= 4 is 74.9 Å². The minimum atomic E-state index is -1.78. The van der Waals surface area contributed by atoms with E-state index in [1.807, 2.05) is 111 Å². The van der Waals surface area contributed by atoms with Gasteiger partial charge in [0.15, 0.2) is 5.60 Å². The zero-order valence-electron chi connectivity index (χ0n) is 42.0. The fourth-order valence-electron chi connectivity index (χ4n) is 9.25. The molecule has 0 radical (unpaired) electrons. The minimum Gasteiger partial charge on any atom is -0.494 e. The van der Waals surface area contributed by atoms with Gasteiger partial charge >= 0.3 is 5.97 Å². The van der Waals surface area contributed by atoms with Crippen LogP contribution in [-0.2, 0) is 32.7 Å². The fraction of sp³-hybridized carbons (Fsp3) is 0.242. The molecular formula is C62H60Cl4N2O6. The first kappa shape index (κ1) is 54.0. The normalized spacial score (nSPS) is 14.4. The Morgan fingerprint density at radius 1 is 0.541 bits per heavy atom. The third-order valence-electron chi connectivity index (χ3n) is 12.7. The third-order valence-corrected chi connectivity index (χ3v) is 14.5. The summed E-state index contributed by atoms with van der Waals surface area (Å²) in [6, 6.07) is 49.3. The summed E-state index contributed by atoms with van der Waals surface area (Å²) < 4.78 is 29.7. The van der Waals surface area contributed by atoms with Crippen LogP contribution in [0.2, 0.25) is 20.1 Å². The SMILES string of the molecule is CCOc1ccc(C(=CC2(C=C(c3ccc(OCC)cc3)c3ccc(Cc4ccccc4)cc3NCCCOC)OC(=O)c3c(Cl)c(Cl)c(Cl)c(Cl)c32)c2ccc(Cc3ccccc3)cc2NCCCOC)cc1. The summed E-state index contributed by atoms with van der Waals surface area (Å²) in [5.74, 6) is 0.686. The molecule has 382 valence electrons. The lowest BCUT2D eigenvalue weighted by Crippen LogP contribution is -2.23. The lowest BCUT2D eigenvalue weighted by molar-refractivity contribution is 0.0300. The van der Waals surface area contributed by atoms with Crippen molar-refractivity contribution < 1.29 is 28.5 Å². The molecule has 1 heterocycles. The monoisotopic (exact) mass is 1070 g/mol. The van der Waals surface area contributed by atoms with E-state index in [0.29, 0.717) is 75.0 Å². The van der Waals surface area contributed by atoms with Gasteiger partial charge in [0.25, 0.3) is 0 Å². The van der Waals surface area contributed by atoms with E-state index in [-0.39, 0.29) is 31.2 Å². The lowest BCUT2D eigenvalue weighted by Gasteiger charge is -2.28. The van der Waals surface area contributed by atoms with Crippen LogP contribution >= 0.6 is 46.4 Å². The zero-order valence-corrected chi connectivity index (χ0v) is 45.1. The van der Waals surface area contributed by atoms with Gasteiger partial charge in [-0.1, -0.05) is 156 Å². The molecule has 2 N–H and O–H groups in total. The second-order valence-electron chi connectivity index (χ2n) is 17.9. The molecule has 7 aromatic rings. The number of methoxy groups -OCH3 is 2. The van der Waals surface area contributed by atoms with Crippen molar-refractivity contribution in [2.75, 3.05) is 64.4 Å². The van der Waals surface area contributed by atoms with Gasteiger partial charge < -0.3 is 34.3 Å². The van der Waals surface area contributed by atoms with E-state index in [1.165, 1.54) is 11.1 Å². The topological polar surface area (TPSA) is 87.3 Å². The van der Waals surface area contributed by atoms with Crippen LogP contribution in [-0.4, -0.2) is 59.7 Å². The van der Waals surface area contributed by atoms with Gasteiger partial charge in [-0.15, -0.1) is 0 Å². The molecule has 0 aromatic heterocycles. The Kier molecular flexibility index (Phi) is 18.9. The summed E-state index contributed by atoms with van der Waals surface area (Å²) in [6.07, 6.45) is 6.83. The van der Waals surface area contributed by atoms with E-state index in [2.05, 4.69) is 71.3 Å². The van der Waals surface area contributed by atoms with Gasteiger partial charge in [0.05, 0.1) is 38.9 Å². The standard InChI is InChI=1S/C62H60Cl4N2O6/c1-5-72-47-25-21-45(22-26-47)51(49-29-19-43(35-41-15-9-7-10-16-41)37-53(49)67-31-13-33-70-3)39-62(56-55(61(69)74-62)57(63)59(65)60(66)58(56)64)40-52(46-23-27-48(28-24-46)73-6-2)50-30-20-44(36-42-17-11-8-12-18-42)38-54(50)68-32-14-34-71-4/h7-12,15-30,37-40,67-68H,5-6,13-14,31-36H2,1-4H3. The quantitative estimate of drug-likeness (QED) is 0.0268. The summed E-state index contributed by atoms with van der Waals surface area (Å²) in [5.41, 5.74) is 9.45. The van der Waals surface area contributed by atoms with Gasteiger partial charge in [-0.25, -0.2) is 4.79 Å². The first-order valence-corrected chi connectivity index (χ1v) is 26.4. The highest BCUT2D eigenvalue weighted by Gasteiger charge is 2.48. The van der Waals surface area contributed by atoms with Crippen LogP contribution in [0.15, 0.2) is 158 Å². The van der Waals surface area contributed by atoms with Crippen molar-refractivity contribution in [2.45, 2.75) is 45.1 Å². The highest BCUT2D eigenvalue weighted by molar-refractivity contribution is 6.53. The van der Waals surface area contributed by atoms with Crippen molar-refractivity contribution in [3.05, 3.63) is 233 Å². The lowest BCUT2D eigenvalue weighted by atomic mass is 9.82. The molecule has 0 amide bonds. The molecule has 74 heavy (non-hydrogen) atoms. The zero-order chi connectivity index (χ0) is 52.0. The Morgan fingerprint density at radius 3 is 1.39 bits per heavy atom. The van der Waals surface area contributed by atoms with E-state index < -0.39 is 11.6 Å². The number of hydrogen-bond acceptors (Lipinski definition) is 8. The second-order valence-corrected chi connectivity index (χ2v) is 19.4. The molecule has 0 aliphatic carbocycles. The molecule has 0 bridgehead atoms. The predicted molar refractivity (Wildman–Crippen MR) is 304 cm³/mol. The van der Waals surface area contributed by atoms with Gasteiger partial charge in [-0.3, -0.25) is 0 Å². The van der Waals surface area contributed by atoms with Crippen LogP contribution in [0, 0.1) is 0 Å². The van der Waals surface area contributed by atoms with E-state index >= 15 is 0 Å². The van der Waals surface area contributed by atoms with Crippen LogP contribution in [0.4, 0.5) is 11.4 Å². The first-order chi connectivity index (χ1) is 36.1. The molecule has 8 nitrogen and oxygen atoms in total. The second kappa shape index (κ2) is 25.8. The van der Waals surface area contributed by atoms with Crippen LogP contribution < -0.4 is 20.1 Å². The Labute approximate surface area is 455 Å². The maximum atomic E-state index is 14.8. The van der Waals surface area contributed by atoms with Gasteiger partial charge in [-0.05, 0) is 133 Å². The number of benzene rings is 7. The fourth-order valence-corrected chi connectivity index (χ4v) is 10.3. The number of carbonyl (C=O) groups is 1. The summed E-state index contributed by atoms with van der Waals surface area (Å²) in [5, 5.41) is 7.38. The van der Waals surface area contributed by atoms with Gasteiger partial charge in [0, 0.05) is 68.6 Å². The van der Waals surface area contributed by atoms with Crippen LogP contribution in [0.1, 0.15) is 87.1 Å². The van der Waals surface area contributed by atoms with Crippen LogP contribution in [0.5, 0.6) is 11.5 Å². The largest absolute Gasteiger partial charge is 0.494 e. The maximum absolute atomic E-state index is 14.8. The van der Waals surface area contributed by atoms with Crippen molar-refractivity contribution in [3.8, 4) is 11.5 Å². The summed E-state index contributed by atoms with van der Waals surface area (Å²) in [7, 11) is 3.40. The predicted octanol–water partition coefficient (Wildman–Crippen LogP) is 15.8. The van der Waals surface area contributed by atoms with E-state index in [4.69, 9.17) is 70.1 Å². The molecule has 0 saturated carbocycles. The Hall–Kier alpha value is -6.23. The molecule has 7 aromatic carbocycles. The van der Waals surface area contributed by atoms with E-state index in [0.717, 1.165) is 57.6 Å². The molecule has 0 spiro atoms. The number of esters is 1. The van der Waals surface area contributed by atoms with Crippen LogP contribution in [0.3, 0.4) is 0 Å². The molecule has 1 aliphatic heterocycles. The number of cyclic esters (lactones) is 1. The Bertz CT molecular complexity index is 2930. The van der Waals surface area contributed by atoms with Gasteiger partial charge in [0.2, 0.25) is 0 Å². The number of ether oxygens (including phenoxy) is 5. The number of anilines is 2. The summed E-state index contributed by atoms with van der Waals surface area (Å²) in [6.45, 7) is 7.27. The molecule has 1 aliphatic rings. The average Bonchev–Trinajstić information content (AvgIpc) is 3.72. The Balaban J connectivity index is 1.45. The smallest absolute Gasteiger partial charge is 0.341 e. The molecular weight excluding hydrogens is 1010 g/mol. The van der Waals surface area contributed by atoms with Crippen molar-refractivity contribution in [3.63, 3.8) is 0 Å². The molecule has 0 atom stereocenters.